The van der Waals surface area contributed by atoms with Crippen molar-refractivity contribution in [2.75, 3.05) is 17.7 Å². The molecule has 0 atom stereocenters. The maximum absolute atomic E-state index is 13.6. The van der Waals surface area contributed by atoms with Crippen LogP contribution in [0.3, 0.4) is 0 Å². The first-order valence-corrected chi connectivity index (χ1v) is 9.14. The highest BCUT2D eigenvalue weighted by atomic mass is 19.4. The van der Waals surface area contributed by atoms with Gasteiger partial charge < -0.3 is 10.6 Å². The van der Waals surface area contributed by atoms with Crippen LogP contribution in [0.4, 0.5) is 36.1 Å². The van der Waals surface area contributed by atoms with Crippen LogP contribution in [0, 0.1) is 13.8 Å². The van der Waals surface area contributed by atoms with Gasteiger partial charge in [0.05, 0.1) is 41.0 Å². The van der Waals surface area contributed by atoms with Gasteiger partial charge >= 0.3 is 6.18 Å². The predicted octanol–water partition coefficient (Wildman–Crippen LogP) is 4.23. The zero-order valence-corrected chi connectivity index (χ0v) is 17.3. The fourth-order valence-corrected chi connectivity index (χ4v) is 3.08. The van der Waals surface area contributed by atoms with E-state index in [0.29, 0.717) is 16.9 Å². The Hall–Kier alpha value is -3.60. The Labute approximate surface area is 176 Å². The number of nitrogens with one attached hydrogen (secondary N) is 3. The molecule has 3 aromatic rings. The van der Waals surface area contributed by atoms with E-state index in [-0.39, 0.29) is 22.8 Å². The summed E-state index contributed by atoms with van der Waals surface area (Å²) >= 11 is 0. The predicted molar refractivity (Wildman–Crippen MR) is 109 cm³/mol. The van der Waals surface area contributed by atoms with Crippen molar-refractivity contribution >= 4 is 28.8 Å². The van der Waals surface area contributed by atoms with Crippen molar-refractivity contribution in [2.45, 2.75) is 20.0 Å². The molecule has 11 heteroatoms. The highest BCUT2D eigenvalue weighted by Gasteiger charge is 2.34. The zero-order valence-electron chi connectivity index (χ0n) is 17.3. The molecule has 164 valence electrons. The Morgan fingerprint density at radius 2 is 1.87 bits per heavy atom. The van der Waals surface area contributed by atoms with Gasteiger partial charge in [-0.3, -0.25) is 14.3 Å². The fourth-order valence-electron chi connectivity index (χ4n) is 3.08. The van der Waals surface area contributed by atoms with Crippen LogP contribution in [0.5, 0.6) is 0 Å². The standard InChI is InChI=1S/C20H21F3N6O2/c1-11-6-5-7-14(18(11)19(30)28-31-4)25-15-8-17(24-9-13(15)20(21,22)23)26-16-10-29(3)27-12(16)2/h5-10H,1-4H3,(H,28,30)(H2,24,25,26). The van der Waals surface area contributed by atoms with E-state index in [2.05, 4.69) is 31.0 Å². The van der Waals surface area contributed by atoms with Crippen LogP contribution >= 0.6 is 0 Å². The van der Waals surface area contributed by atoms with Crippen molar-refractivity contribution in [1.82, 2.24) is 20.2 Å². The molecule has 0 aliphatic rings. The topological polar surface area (TPSA) is 93.1 Å². The van der Waals surface area contributed by atoms with Crippen molar-refractivity contribution in [1.29, 1.82) is 0 Å². The van der Waals surface area contributed by atoms with Gasteiger partial charge in [-0.15, -0.1) is 0 Å². The number of carbonyl (C=O) groups excluding carboxylic acids is 1. The number of anilines is 4. The van der Waals surface area contributed by atoms with Gasteiger partial charge in [-0.25, -0.2) is 10.5 Å². The Morgan fingerprint density at radius 1 is 1.13 bits per heavy atom. The molecule has 3 N–H and O–H groups in total. The van der Waals surface area contributed by atoms with E-state index >= 15 is 0 Å². The van der Waals surface area contributed by atoms with Gasteiger partial charge in [0.2, 0.25) is 0 Å². The van der Waals surface area contributed by atoms with E-state index in [0.717, 1.165) is 6.20 Å². The molecule has 0 bridgehead atoms. The van der Waals surface area contributed by atoms with E-state index < -0.39 is 17.6 Å². The molecular formula is C20H21F3N6O2. The average molecular weight is 434 g/mol. The second-order valence-corrected chi connectivity index (χ2v) is 6.80. The third-order valence-corrected chi connectivity index (χ3v) is 4.45. The summed E-state index contributed by atoms with van der Waals surface area (Å²) in [5.74, 6) is -0.405. The zero-order chi connectivity index (χ0) is 22.8. The largest absolute Gasteiger partial charge is 0.419 e. The van der Waals surface area contributed by atoms with Crippen LogP contribution < -0.4 is 16.1 Å². The second-order valence-electron chi connectivity index (χ2n) is 6.80. The van der Waals surface area contributed by atoms with Crippen molar-refractivity contribution in [2.24, 2.45) is 7.05 Å². The number of benzene rings is 1. The van der Waals surface area contributed by atoms with E-state index in [1.807, 2.05) is 0 Å². The van der Waals surface area contributed by atoms with Gasteiger partial charge in [0, 0.05) is 25.5 Å². The molecule has 0 radical (unpaired) electrons. The number of rotatable bonds is 6. The summed E-state index contributed by atoms with van der Waals surface area (Å²) in [6.07, 6.45) is -2.23. The number of carbonyl (C=O) groups is 1. The number of amides is 1. The number of hydrogen-bond donors (Lipinski definition) is 3. The SMILES string of the molecule is CONC(=O)c1c(C)cccc1Nc1cc(Nc2cn(C)nc2C)ncc1C(F)(F)F. The molecule has 8 nitrogen and oxygen atoms in total. The number of halogens is 3. The molecule has 0 spiro atoms. The molecular weight excluding hydrogens is 413 g/mol. The lowest BCUT2D eigenvalue weighted by Gasteiger charge is -2.18. The average Bonchev–Trinajstić information content (AvgIpc) is 2.98. The summed E-state index contributed by atoms with van der Waals surface area (Å²) in [6, 6.07) is 6.05. The summed E-state index contributed by atoms with van der Waals surface area (Å²) in [7, 11) is 3.00. The molecule has 2 heterocycles. The molecule has 0 aliphatic heterocycles. The number of alkyl halides is 3. The first-order valence-electron chi connectivity index (χ1n) is 9.14. The Kier molecular flexibility index (Phi) is 6.16. The molecule has 1 amide bonds. The normalized spacial score (nSPS) is 11.3. The third kappa shape index (κ3) is 4.94. The third-order valence-electron chi connectivity index (χ3n) is 4.45. The summed E-state index contributed by atoms with van der Waals surface area (Å²) in [4.78, 5) is 20.9. The molecule has 31 heavy (non-hydrogen) atoms. The van der Waals surface area contributed by atoms with Crippen LogP contribution in [0.25, 0.3) is 0 Å². The Morgan fingerprint density at radius 3 is 2.48 bits per heavy atom. The van der Waals surface area contributed by atoms with Gasteiger partial charge in [-0.1, -0.05) is 12.1 Å². The molecule has 0 fully saturated rings. The van der Waals surface area contributed by atoms with Gasteiger partial charge in [-0.05, 0) is 25.5 Å². The van der Waals surface area contributed by atoms with Crippen molar-refractivity contribution < 1.29 is 22.8 Å². The smallest absolute Gasteiger partial charge is 0.354 e. The number of nitrogens with zero attached hydrogens (tertiary/aromatic N) is 3. The monoisotopic (exact) mass is 434 g/mol. The van der Waals surface area contributed by atoms with E-state index in [1.54, 1.807) is 43.9 Å². The van der Waals surface area contributed by atoms with Gasteiger partial charge in [0.15, 0.2) is 0 Å². The number of aromatic nitrogens is 3. The highest BCUT2D eigenvalue weighted by Crippen LogP contribution is 2.38. The lowest BCUT2D eigenvalue weighted by Crippen LogP contribution is -2.24. The molecule has 0 saturated carbocycles. The second kappa shape index (κ2) is 8.64. The van der Waals surface area contributed by atoms with Crippen molar-refractivity contribution in [3.8, 4) is 0 Å². The lowest BCUT2D eigenvalue weighted by molar-refractivity contribution is -0.137. The quantitative estimate of drug-likeness (QED) is 0.503. The van der Waals surface area contributed by atoms with Crippen LogP contribution in [0.1, 0.15) is 27.2 Å². The van der Waals surface area contributed by atoms with Crippen LogP contribution in [-0.4, -0.2) is 27.8 Å². The van der Waals surface area contributed by atoms with Gasteiger partial charge in [0.1, 0.15) is 5.82 Å². The summed E-state index contributed by atoms with van der Waals surface area (Å²) in [5, 5.41) is 9.89. The van der Waals surface area contributed by atoms with E-state index in [4.69, 9.17) is 0 Å². The van der Waals surface area contributed by atoms with Crippen LogP contribution in [-0.2, 0) is 18.1 Å². The number of pyridine rings is 1. The van der Waals surface area contributed by atoms with E-state index in [9.17, 15) is 18.0 Å². The number of hydroxylamine groups is 1. The van der Waals surface area contributed by atoms with Crippen LogP contribution in [0.15, 0.2) is 36.7 Å². The first kappa shape index (κ1) is 22.1. The minimum atomic E-state index is -4.66. The van der Waals surface area contributed by atoms with Gasteiger partial charge in [0.25, 0.3) is 5.91 Å². The van der Waals surface area contributed by atoms with E-state index in [1.165, 1.54) is 19.2 Å². The maximum Gasteiger partial charge on any atom is 0.419 e. The highest BCUT2D eigenvalue weighted by molar-refractivity contribution is 6.01. The molecule has 0 saturated heterocycles. The fraction of sp³-hybridized carbons (Fsp3) is 0.250. The summed E-state index contributed by atoms with van der Waals surface area (Å²) in [5.41, 5.74) is 3.14. The maximum atomic E-state index is 13.6. The number of aryl methyl sites for hydroxylation is 3. The first-order chi connectivity index (χ1) is 14.6. The molecule has 0 aliphatic carbocycles. The summed E-state index contributed by atoms with van der Waals surface area (Å²) < 4.78 is 42.4. The number of hydrogen-bond acceptors (Lipinski definition) is 6. The Balaban J connectivity index is 2.04. The lowest BCUT2D eigenvalue weighted by atomic mass is 10.1. The molecule has 0 unspecified atom stereocenters. The minimum absolute atomic E-state index is 0.159. The molecule has 3 rings (SSSR count). The van der Waals surface area contributed by atoms with Crippen molar-refractivity contribution in [3.05, 3.63) is 59.0 Å². The van der Waals surface area contributed by atoms with Gasteiger partial charge in [-0.2, -0.15) is 18.3 Å². The summed E-state index contributed by atoms with van der Waals surface area (Å²) in [6.45, 7) is 3.43. The van der Waals surface area contributed by atoms with Crippen LogP contribution in [0.2, 0.25) is 0 Å². The Bertz CT molecular complexity index is 1110. The molecule has 1 aromatic carbocycles. The minimum Gasteiger partial charge on any atom is -0.354 e. The molecule has 2 aromatic heterocycles. The van der Waals surface area contributed by atoms with Crippen molar-refractivity contribution in [3.63, 3.8) is 0 Å².